The first kappa shape index (κ1) is 11.3. The van der Waals surface area contributed by atoms with Crippen molar-refractivity contribution in [2.75, 3.05) is 11.9 Å². The first-order chi connectivity index (χ1) is 7.75. The van der Waals surface area contributed by atoms with Crippen molar-refractivity contribution in [2.45, 2.75) is 44.6 Å². The lowest BCUT2D eigenvalue weighted by Gasteiger charge is -2.11. The van der Waals surface area contributed by atoms with E-state index in [0.29, 0.717) is 12.5 Å². The molecule has 0 saturated heterocycles. The van der Waals surface area contributed by atoms with Crippen LogP contribution in [0.1, 0.15) is 44.2 Å². The topological polar surface area (TPSA) is 58.0 Å². The van der Waals surface area contributed by atoms with Gasteiger partial charge in [-0.15, -0.1) is 0 Å². The Morgan fingerprint density at radius 2 is 2.19 bits per heavy atom. The van der Waals surface area contributed by atoms with E-state index in [4.69, 9.17) is 0 Å². The minimum atomic E-state index is -0.357. The molecule has 16 heavy (non-hydrogen) atoms. The third kappa shape index (κ3) is 2.92. The van der Waals surface area contributed by atoms with Gasteiger partial charge in [0.25, 0.3) is 0 Å². The van der Waals surface area contributed by atoms with E-state index in [1.165, 1.54) is 25.7 Å². The Labute approximate surface area is 96.1 Å². The van der Waals surface area contributed by atoms with Gasteiger partial charge in [0.15, 0.2) is 0 Å². The van der Waals surface area contributed by atoms with Crippen molar-refractivity contribution in [2.24, 2.45) is 0 Å². The highest BCUT2D eigenvalue weighted by atomic mass is 16.3. The van der Waals surface area contributed by atoms with E-state index < -0.39 is 0 Å². The lowest BCUT2D eigenvalue weighted by atomic mass is 10.0. The lowest BCUT2D eigenvalue weighted by molar-refractivity contribution is 0.208. The van der Waals surface area contributed by atoms with Crippen LogP contribution in [0.2, 0.25) is 0 Å². The Kier molecular flexibility index (Phi) is 3.72. The van der Waals surface area contributed by atoms with Crippen LogP contribution in [0.4, 0.5) is 5.82 Å². The maximum Gasteiger partial charge on any atom is 0.129 e. The van der Waals surface area contributed by atoms with Crippen LogP contribution < -0.4 is 5.32 Å². The molecule has 2 rings (SSSR count). The average Bonchev–Trinajstić information content (AvgIpc) is 2.80. The summed E-state index contributed by atoms with van der Waals surface area (Å²) in [7, 11) is 0. The van der Waals surface area contributed by atoms with Crippen LogP contribution in [0.15, 0.2) is 12.4 Å². The predicted molar refractivity (Wildman–Crippen MR) is 63.4 cm³/mol. The number of aliphatic hydroxyl groups excluding tert-OH is 1. The van der Waals surface area contributed by atoms with Gasteiger partial charge in [-0.1, -0.05) is 12.8 Å². The van der Waals surface area contributed by atoms with Crippen LogP contribution >= 0.6 is 0 Å². The zero-order valence-corrected chi connectivity index (χ0v) is 9.69. The van der Waals surface area contributed by atoms with Crippen LogP contribution in [0.25, 0.3) is 0 Å². The van der Waals surface area contributed by atoms with Gasteiger partial charge in [-0.2, -0.15) is 0 Å². The summed E-state index contributed by atoms with van der Waals surface area (Å²) in [6.45, 7) is 2.28. The number of nitrogens with zero attached hydrogens (tertiary/aromatic N) is 2. The van der Waals surface area contributed by atoms with E-state index in [-0.39, 0.29) is 6.10 Å². The molecule has 1 aromatic heterocycles. The Hall–Kier alpha value is -1.16. The molecule has 0 aromatic carbocycles. The Balaban J connectivity index is 2.01. The molecule has 0 aliphatic heterocycles. The van der Waals surface area contributed by atoms with E-state index in [1.807, 2.05) is 6.07 Å². The molecule has 1 aromatic rings. The van der Waals surface area contributed by atoms with Crippen LogP contribution in [0.3, 0.4) is 0 Å². The fraction of sp³-hybridized carbons (Fsp3) is 0.667. The van der Waals surface area contributed by atoms with E-state index >= 15 is 0 Å². The third-order valence-electron chi connectivity index (χ3n) is 3.04. The summed E-state index contributed by atoms with van der Waals surface area (Å²) in [6, 6.07) is 2.01. The number of nitrogens with one attached hydrogen (secondary N) is 1. The monoisotopic (exact) mass is 221 g/mol. The van der Waals surface area contributed by atoms with Crippen molar-refractivity contribution in [3.63, 3.8) is 0 Å². The molecule has 4 heteroatoms. The molecule has 1 saturated carbocycles. The van der Waals surface area contributed by atoms with Crippen LogP contribution in [-0.4, -0.2) is 27.7 Å². The highest BCUT2D eigenvalue weighted by Crippen LogP contribution is 2.33. The zero-order chi connectivity index (χ0) is 11.4. The molecule has 1 fully saturated rings. The summed E-state index contributed by atoms with van der Waals surface area (Å²) >= 11 is 0. The van der Waals surface area contributed by atoms with Gasteiger partial charge in [0.2, 0.25) is 0 Å². The Morgan fingerprint density at radius 1 is 1.44 bits per heavy atom. The lowest BCUT2D eigenvalue weighted by Crippen LogP contribution is -2.16. The largest absolute Gasteiger partial charge is 0.392 e. The molecule has 0 amide bonds. The second-order valence-corrected chi connectivity index (χ2v) is 4.54. The summed E-state index contributed by atoms with van der Waals surface area (Å²) in [5.41, 5.74) is 1.14. The quantitative estimate of drug-likeness (QED) is 0.815. The van der Waals surface area contributed by atoms with Gasteiger partial charge in [-0.25, -0.2) is 9.97 Å². The predicted octanol–water partition coefficient (Wildman–Crippen LogP) is 1.93. The molecule has 0 bridgehead atoms. The first-order valence-corrected chi connectivity index (χ1v) is 5.99. The molecule has 1 heterocycles. The van der Waals surface area contributed by atoms with E-state index in [9.17, 15) is 5.11 Å². The molecule has 2 N–H and O–H groups in total. The van der Waals surface area contributed by atoms with Gasteiger partial charge in [0.1, 0.15) is 12.1 Å². The molecule has 1 aliphatic carbocycles. The van der Waals surface area contributed by atoms with Crippen molar-refractivity contribution >= 4 is 5.82 Å². The third-order valence-corrected chi connectivity index (χ3v) is 3.04. The van der Waals surface area contributed by atoms with E-state index in [2.05, 4.69) is 15.3 Å². The molecular weight excluding hydrogens is 202 g/mol. The average molecular weight is 221 g/mol. The number of hydrogen-bond acceptors (Lipinski definition) is 4. The SMILES string of the molecule is CC(O)CNc1cc(C2CCCC2)ncn1. The van der Waals surface area contributed by atoms with Gasteiger partial charge >= 0.3 is 0 Å². The van der Waals surface area contributed by atoms with E-state index in [1.54, 1.807) is 13.3 Å². The summed E-state index contributed by atoms with van der Waals surface area (Å²) in [5, 5.41) is 12.3. The molecule has 4 nitrogen and oxygen atoms in total. The van der Waals surface area contributed by atoms with Crippen LogP contribution in [0, 0.1) is 0 Å². The fourth-order valence-corrected chi connectivity index (χ4v) is 2.17. The van der Waals surface area contributed by atoms with Crippen LogP contribution in [0.5, 0.6) is 0 Å². The summed E-state index contributed by atoms with van der Waals surface area (Å²) < 4.78 is 0. The minimum Gasteiger partial charge on any atom is -0.392 e. The molecule has 0 spiro atoms. The fourth-order valence-electron chi connectivity index (χ4n) is 2.17. The van der Waals surface area contributed by atoms with Crippen molar-refractivity contribution in [1.29, 1.82) is 0 Å². The number of rotatable bonds is 4. The molecular formula is C12H19N3O. The number of hydrogen-bond donors (Lipinski definition) is 2. The Bertz CT molecular complexity index is 335. The van der Waals surface area contributed by atoms with Crippen molar-refractivity contribution in [1.82, 2.24) is 9.97 Å². The van der Waals surface area contributed by atoms with Crippen molar-refractivity contribution < 1.29 is 5.11 Å². The highest BCUT2D eigenvalue weighted by molar-refractivity contribution is 5.36. The molecule has 88 valence electrons. The zero-order valence-electron chi connectivity index (χ0n) is 9.69. The summed E-state index contributed by atoms with van der Waals surface area (Å²) in [4.78, 5) is 8.48. The minimum absolute atomic E-state index is 0.357. The van der Waals surface area contributed by atoms with Gasteiger partial charge < -0.3 is 10.4 Å². The summed E-state index contributed by atoms with van der Waals surface area (Å²) in [6.07, 6.45) is 6.36. The van der Waals surface area contributed by atoms with Gasteiger partial charge in [-0.3, -0.25) is 0 Å². The second-order valence-electron chi connectivity index (χ2n) is 4.54. The maximum atomic E-state index is 9.19. The molecule has 1 unspecified atom stereocenters. The van der Waals surface area contributed by atoms with Gasteiger partial charge in [0, 0.05) is 24.2 Å². The van der Waals surface area contributed by atoms with Gasteiger partial charge in [0.05, 0.1) is 6.10 Å². The Morgan fingerprint density at radius 3 is 2.88 bits per heavy atom. The number of aliphatic hydroxyl groups is 1. The van der Waals surface area contributed by atoms with Gasteiger partial charge in [-0.05, 0) is 19.8 Å². The number of aromatic nitrogens is 2. The van der Waals surface area contributed by atoms with E-state index in [0.717, 1.165) is 11.5 Å². The van der Waals surface area contributed by atoms with Crippen LogP contribution in [-0.2, 0) is 0 Å². The van der Waals surface area contributed by atoms with Crippen molar-refractivity contribution in [3.8, 4) is 0 Å². The number of anilines is 1. The first-order valence-electron chi connectivity index (χ1n) is 5.99. The molecule has 1 atom stereocenters. The standard InChI is InChI=1S/C12H19N3O/c1-9(16)7-13-12-6-11(14-8-15-12)10-4-2-3-5-10/h6,8-10,16H,2-5,7H2,1H3,(H,13,14,15). The molecule has 1 aliphatic rings. The normalized spacial score (nSPS) is 18.6. The highest BCUT2D eigenvalue weighted by Gasteiger charge is 2.18. The smallest absolute Gasteiger partial charge is 0.129 e. The molecule has 0 radical (unpaired) electrons. The summed E-state index contributed by atoms with van der Waals surface area (Å²) in [5.74, 6) is 1.42. The maximum absolute atomic E-state index is 9.19. The second kappa shape index (κ2) is 5.25. The van der Waals surface area contributed by atoms with Crippen molar-refractivity contribution in [3.05, 3.63) is 18.1 Å².